The van der Waals surface area contributed by atoms with Crippen molar-refractivity contribution in [2.45, 2.75) is 12.8 Å². The largest absolute Gasteiger partial charge is 0.504 e. The van der Waals surface area contributed by atoms with Crippen LogP contribution in [0.3, 0.4) is 0 Å². The minimum Gasteiger partial charge on any atom is -0.504 e. The van der Waals surface area contributed by atoms with Crippen LogP contribution < -0.4 is 4.74 Å². The van der Waals surface area contributed by atoms with E-state index in [1.807, 2.05) is 0 Å². The molecule has 86 valence electrons. The first-order valence-corrected chi connectivity index (χ1v) is 5.38. The Morgan fingerprint density at radius 1 is 1.38 bits per heavy atom. The van der Waals surface area contributed by atoms with E-state index < -0.39 is 0 Å². The van der Waals surface area contributed by atoms with Crippen LogP contribution in [0.1, 0.15) is 23.2 Å². The van der Waals surface area contributed by atoms with Gasteiger partial charge in [-0.1, -0.05) is 0 Å². The lowest BCUT2D eigenvalue weighted by atomic mass is 10.2. The van der Waals surface area contributed by atoms with Crippen molar-refractivity contribution < 1.29 is 14.6 Å². The van der Waals surface area contributed by atoms with Gasteiger partial charge in [-0.3, -0.25) is 4.79 Å². The van der Waals surface area contributed by atoms with Crippen molar-refractivity contribution in [3.8, 4) is 11.5 Å². The van der Waals surface area contributed by atoms with Crippen molar-refractivity contribution in [1.82, 2.24) is 4.90 Å². The Hall–Kier alpha value is -1.71. The molecule has 1 fully saturated rings. The number of phenols is 1. The molecule has 4 heteroatoms. The van der Waals surface area contributed by atoms with Crippen LogP contribution in [-0.2, 0) is 0 Å². The van der Waals surface area contributed by atoms with Gasteiger partial charge in [0.15, 0.2) is 11.5 Å². The first-order chi connectivity index (χ1) is 7.72. The smallest absolute Gasteiger partial charge is 0.253 e. The molecule has 0 bridgehead atoms. The maximum Gasteiger partial charge on any atom is 0.253 e. The second-order valence-electron chi connectivity index (χ2n) is 3.89. The Morgan fingerprint density at radius 3 is 2.62 bits per heavy atom. The van der Waals surface area contributed by atoms with Crippen LogP contribution in [0.4, 0.5) is 0 Å². The second kappa shape index (κ2) is 4.43. The summed E-state index contributed by atoms with van der Waals surface area (Å²) in [6.45, 7) is 1.62. The number of carbonyl (C=O) groups is 1. The molecule has 1 aromatic carbocycles. The molecule has 0 aliphatic carbocycles. The van der Waals surface area contributed by atoms with E-state index in [0.717, 1.165) is 25.9 Å². The molecule has 0 spiro atoms. The highest BCUT2D eigenvalue weighted by Gasteiger charge is 2.20. The standard InChI is InChI=1S/C12H15NO3/c1-16-11-5-4-9(8-10(11)14)12(15)13-6-2-3-7-13/h4-5,8,14H,2-3,6-7H2,1H3. The Bertz CT molecular complexity index is 397. The van der Waals surface area contributed by atoms with E-state index in [9.17, 15) is 9.90 Å². The number of benzene rings is 1. The third-order valence-electron chi connectivity index (χ3n) is 2.82. The molecule has 0 aromatic heterocycles. The van der Waals surface area contributed by atoms with E-state index in [1.54, 1.807) is 17.0 Å². The zero-order chi connectivity index (χ0) is 11.5. The molecule has 0 radical (unpaired) electrons. The SMILES string of the molecule is COc1ccc(C(=O)N2CCCC2)cc1O. The van der Waals surface area contributed by atoms with Gasteiger partial charge < -0.3 is 14.7 Å². The molecular weight excluding hydrogens is 206 g/mol. The van der Waals surface area contributed by atoms with Crippen LogP contribution in [0.5, 0.6) is 11.5 Å². The van der Waals surface area contributed by atoms with Crippen LogP contribution in [0.25, 0.3) is 0 Å². The number of phenolic OH excluding ortho intramolecular Hbond substituents is 1. The first kappa shape index (κ1) is 10.8. The van der Waals surface area contributed by atoms with Gasteiger partial charge in [0.25, 0.3) is 5.91 Å². The normalized spacial score (nSPS) is 15.2. The maximum absolute atomic E-state index is 12.0. The highest BCUT2D eigenvalue weighted by Crippen LogP contribution is 2.27. The van der Waals surface area contributed by atoms with E-state index in [2.05, 4.69) is 0 Å². The molecule has 16 heavy (non-hydrogen) atoms. The fraction of sp³-hybridized carbons (Fsp3) is 0.417. The Kier molecular flexibility index (Phi) is 2.99. The summed E-state index contributed by atoms with van der Waals surface area (Å²) in [5.74, 6) is 0.376. The minimum atomic E-state index is -0.0181. The van der Waals surface area contributed by atoms with Crippen molar-refractivity contribution in [1.29, 1.82) is 0 Å². The summed E-state index contributed by atoms with van der Waals surface area (Å²) >= 11 is 0. The zero-order valence-electron chi connectivity index (χ0n) is 9.27. The van der Waals surface area contributed by atoms with Crippen molar-refractivity contribution in [2.24, 2.45) is 0 Å². The van der Waals surface area contributed by atoms with Gasteiger partial charge in [0.1, 0.15) is 0 Å². The van der Waals surface area contributed by atoms with Gasteiger partial charge in [0.2, 0.25) is 0 Å². The summed E-state index contributed by atoms with van der Waals surface area (Å²) in [4.78, 5) is 13.8. The summed E-state index contributed by atoms with van der Waals surface area (Å²) in [6.07, 6.45) is 2.13. The quantitative estimate of drug-likeness (QED) is 0.825. The van der Waals surface area contributed by atoms with E-state index in [0.29, 0.717) is 11.3 Å². The molecule has 4 nitrogen and oxygen atoms in total. The number of rotatable bonds is 2. The molecule has 2 rings (SSSR count). The summed E-state index contributed by atoms with van der Waals surface area (Å²) in [5.41, 5.74) is 0.514. The third-order valence-corrected chi connectivity index (χ3v) is 2.82. The van der Waals surface area contributed by atoms with E-state index in [-0.39, 0.29) is 11.7 Å². The van der Waals surface area contributed by atoms with E-state index in [4.69, 9.17) is 4.74 Å². The van der Waals surface area contributed by atoms with Crippen LogP contribution in [0, 0.1) is 0 Å². The molecule has 0 saturated carbocycles. The topological polar surface area (TPSA) is 49.8 Å². The summed E-state index contributed by atoms with van der Waals surface area (Å²) in [6, 6.07) is 4.75. The van der Waals surface area contributed by atoms with Crippen molar-refractivity contribution in [2.75, 3.05) is 20.2 Å². The second-order valence-corrected chi connectivity index (χ2v) is 3.89. The Balaban J connectivity index is 2.20. The molecule has 1 amide bonds. The number of carbonyl (C=O) groups excluding carboxylic acids is 1. The number of ether oxygens (including phenoxy) is 1. The number of nitrogens with zero attached hydrogens (tertiary/aromatic N) is 1. The summed E-state index contributed by atoms with van der Waals surface area (Å²) in [7, 11) is 1.48. The van der Waals surface area contributed by atoms with Crippen LogP contribution >= 0.6 is 0 Å². The number of aromatic hydroxyl groups is 1. The predicted molar refractivity (Wildman–Crippen MR) is 59.8 cm³/mol. The molecule has 1 heterocycles. The highest BCUT2D eigenvalue weighted by atomic mass is 16.5. The van der Waals surface area contributed by atoms with Gasteiger partial charge in [0, 0.05) is 18.7 Å². The average molecular weight is 221 g/mol. The lowest BCUT2D eigenvalue weighted by Gasteiger charge is -2.15. The molecule has 1 aliphatic heterocycles. The molecule has 1 N–H and O–H groups in total. The molecule has 1 aliphatic rings. The zero-order valence-corrected chi connectivity index (χ0v) is 9.27. The highest BCUT2D eigenvalue weighted by molar-refractivity contribution is 5.95. The van der Waals surface area contributed by atoms with E-state index in [1.165, 1.54) is 13.2 Å². The Labute approximate surface area is 94.4 Å². The average Bonchev–Trinajstić information content (AvgIpc) is 2.81. The number of hydrogen-bond donors (Lipinski definition) is 1. The predicted octanol–water partition coefficient (Wildman–Crippen LogP) is 1.64. The van der Waals surface area contributed by atoms with Crippen molar-refractivity contribution in [3.05, 3.63) is 23.8 Å². The maximum atomic E-state index is 12.0. The van der Waals surface area contributed by atoms with Gasteiger partial charge in [-0.25, -0.2) is 0 Å². The molecule has 0 atom stereocenters. The van der Waals surface area contributed by atoms with Gasteiger partial charge in [-0.05, 0) is 31.0 Å². The van der Waals surface area contributed by atoms with Crippen molar-refractivity contribution in [3.63, 3.8) is 0 Å². The van der Waals surface area contributed by atoms with Crippen molar-refractivity contribution >= 4 is 5.91 Å². The number of hydrogen-bond acceptors (Lipinski definition) is 3. The van der Waals surface area contributed by atoms with Gasteiger partial charge in [-0.15, -0.1) is 0 Å². The lowest BCUT2D eigenvalue weighted by Crippen LogP contribution is -2.27. The molecule has 0 unspecified atom stereocenters. The Morgan fingerprint density at radius 2 is 2.06 bits per heavy atom. The monoisotopic (exact) mass is 221 g/mol. The van der Waals surface area contributed by atoms with Gasteiger partial charge >= 0.3 is 0 Å². The van der Waals surface area contributed by atoms with Crippen LogP contribution in [0.2, 0.25) is 0 Å². The lowest BCUT2D eigenvalue weighted by molar-refractivity contribution is 0.0792. The van der Waals surface area contributed by atoms with Crippen LogP contribution in [-0.4, -0.2) is 36.1 Å². The third kappa shape index (κ3) is 1.96. The van der Waals surface area contributed by atoms with Gasteiger partial charge in [0.05, 0.1) is 7.11 Å². The summed E-state index contributed by atoms with van der Waals surface area (Å²) < 4.78 is 4.93. The molecule has 1 saturated heterocycles. The molecular formula is C12H15NO3. The molecule has 1 aromatic rings. The number of methoxy groups -OCH3 is 1. The summed E-state index contributed by atoms with van der Waals surface area (Å²) in [5, 5.41) is 9.59. The first-order valence-electron chi connectivity index (χ1n) is 5.38. The fourth-order valence-electron chi connectivity index (χ4n) is 1.93. The fourth-order valence-corrected chi connectivity index (χ4v) is 1.93. The minimum absolute atomic E-state index is 0.00699. The van der Waals surface area contributed by atoms with Gasteiger partial charge in [-0.2, -0.15) is 0 Å². The number of likely N-dealkylation sites (tertiary alicyclic amines) is 1. The van der Waals surface area contributed by atoms with Crippen LogP contribution in [0.15, 0.2) is 18.2 Å². The number of amides is 1. The van der Waals surface area contributed by atoms with E-state index >= 15 is 0 Å².